The predicted octanol–water partition coefficient (Wildman–Crippen LogP) is -2.93. The Balaban J connectivity index is 1.58. The largest absolute Gasteiger partial charge is 0.306 e. The molecule has 12 nitrogen and oxygen atoms in total. The molecule has 4 amide bonds. The summed E-state index contributed by atoms with van der Waals surface area (Å²) in [7, 11) is 0. The molecule has 0 aromatic carbocycles. The molecule has 8 N–H and O–H groups in total. The monoisotopic (exact) mass is 464 g/mol. The minimum absolute atomic E-state index is 0.397. The second kappa shape index (κ2) is 10.8. The van der Waals surface area contributed by atoms with E-state index in [-0.39, 0.29) is 0 Å². The average Bonchev–Trinajstić information content (AvgIpc) is 3.61. The molecule has 184 valence electrons. The van der Waals surface area contributed by atoms with Gasteiger partial charge in [-0.3, -0.25) is 40.4 Å². The molecule has 4 saturated heterocycles. The lowest BCUT2D eigenvalue weighted by molar-refractivity contribution is -0.138. The van der Waals surface area contributed by atoms with Crippen molar-refractivity contribution in [2.45, 2.75) is 81.4 Å². The van der Waals surface area contributed by atoms with Gasteiger partial charge in [0.15, 0.2) is 0 Å². The lowest BCUT2D eigenvalue weighted by Gasteiger charge is -2.39. The summed E-state index contributed by atoms with van der Waals surface area (Å²) < 4.78 is 0. The topological polar surface area (TPSA) is 165 Å². The molecule has 4 atom stereocenters. The minimum atomic E-state index is -1.94. The lowest BCUT2D eigenvalue weighted by Crippen LogP contribution is -2.81. The van der Waals surface area contributed by atoms with Gasteiger partial charge in [-0.15, -0.1) is 0 Å². The molecule has 33 heavy (non-hydrogen) atoms. The molecule has 0 radical (unpaired) electrons. The van der Waals surface area contributed by atoms with E-state index >= 15 is 0 Å². The zero-order chi connectivity index (χ0) is 23.3. The molecular weight excluding hydrogens is 428 g/mol. The van der Waals surface area contributed by atoms with Crippen LogP contribution in [0.4, 0.5) is 0 Å². The molecule has 0 spiro atoms. The van der Waals surface area contributed by atoms with Gasteiger partial charge in [-0.25, -0.2) is 0 Å². The van der Waals surface area contributed by atoms with Crippen molar-refractivity contribution in [3.8, 4) is 0 Å². The fourth-order valence-electron chi connectivity index (χ4n) is 4.91. The van der Waals surface area contributed by atoms with E-state index in [0.29, 0.717) is 51.9 Å². The highest BCUT2D eigenvalue weighted by Gasteiger charge is 2.43. The van der Waals surface area contributed by atoms with E-state index in [1.807, 2.05) is 0 Å². The normalized spacial score (nSPS) is 29.6. The summed E-state index contributed by atoms with van der Waals surface area (Å²) in [5.41, 5.74) is 0. The maximum absolute atomic E-state index is 13.1. The van der Waals surface area contributed by atoms with Crippen LogP contribution in [-0.2, 0) is 19.2 Å². The van der Waals surface area contributed by atoms with E-state index in [9.17, 15) is 19.2 Å². The van der Waals surface area contributed by atoms with Crippen LogP contribution in [0.25, 0.3) is 0 Å². The van der Waals surface area contributed by atoms with Gasteiger partial charge in [-0.2, -0.15) is 0 Å². The van der Waals surface area contributed by atoms with Crippen molar-refractivity contribution < 1.29 is 19.2 Å². The smallest absolute Gasteiger partial charge is 0.276 e. The van der Waals surface area contributed by atoms with Crippen LogP contribution in [0, 0.1) is 0 Å². The fraction of sp³-hybridized carbons (Fsp3) is 0.810. The number of hydrogen-bond acceptors (Lipinski definition) is 8. The number of nitrogens with one attached hydrogen (secondary N) is 8. The highest BCUT2D eigenvalue weighted by Crippen LogP contribution is 2.12. The molecule has 0 aromatic rings. The summed E-state index contributed by atoms with van der Waals surface area (Å²) in [6, 6.07) is -1.86. The number of carbonyl (C=O) groups excluding carboxylic acids is 4. The molecule has 0 unspecified atom stereocenters. The Hall–Kier alpha value is -2.28. The minimum Gasteiger partial charge on any atom is -0.306 e. The van der Waals surface area contributed by atoms with Crippen LogP contribution < -0.4 is 42.5 Å². The molecular formula is C21H36N8O4. The first-order chi connectivity index (χ1) is 16.0. The Morgan fingerprint density at radius 3 is 0.909 bits per heavy atom. The summed E-state index contributed by atoms with van der Waals surface area (Å²) in [5.74, 6) is -3.53. The molecule has 12 heteroatoms. The van der Waals surface area contributed by atoms with Crippen LogP contribution in [-0.4, -0.2) is 79.9 Å². The second-order valence-corrected chi connectivity index (χ2v) is 9.30. The van der Waals surface area contributed by atoms with E-state index in [4.69, 9.17) is 0 Å². The molecule has 4 aliphatic rings. The van der Waals surface area contributed by atoms with Crippen molar-refractivity contribution in [2.24, 2.45) is 0 Å². The number of rotatable bonds is 8. The number of hydrogen-bond donors (Lipinski definition) is 8. The van der Waals surface area contributed by atoms with Gasteiger partial charge in [-0.1, -0.05) is 0 Å². The Kier molecular flexibility index (Phi) is 7.78. The molecule has 0 bridgehead atoms. The zero-order valence-corrected chi connectivity index (χ0v) is 18.9. The summed E-state index contributed by atoms with van der Waals surface area (Å²) >= 11 is 0. The van der Waals surface area contributed by atoms with E-state index in [1.54, 1.807) is 0 Å². The van der Waals surface area contributed by atoms with Crippen LogP contribution in [0.2, 0.25) is 0 Å². The van der Waals surface area contributed by atoms with Gasteiger partial charge in [-0.05, 0) is 77.5 Å². The average molecular weight is 465 g/mol. The predicted molar refractivity (Wildman–Crippen MR) is 119 cm³/mol. The molecule has 4 rings (SSSR count). The van der Waals surface area contributed by atoms with Gasteiger partial charge >= 0.3 is 0 Å². The van der Waals surface area contributed by atoms with Crippen LogP contribution >= 0.6 is 0 Å². The Labute approximate surface area is 193 Å². The van der Waals surface area contributed by atoms with E-state index in [2.05, 4.69) is 42.5 Å². The van der Waals surface area contributed by atoms with Crippen molar-refractivity contribution in [2.75, 3.05) is 26.2 Å². The SMILES string of the molecule is O=C(NC(NC(=O)[C@@H]1CCCN1)(NC(=O)[C@@H]1CCCN1)NC(=O)[C@@H]1CCCN1)[C@@H]1CCCN1. The van der Waals surface area contributed by atoms with E-state index in [0.717, 1.165) is 25.7 Å². The first kappa shape index (κ1) is 23.9. The van der Waals surface area contributed by atoms with Gasteiger partial charge in [0.25, 0.3) is 5.91 Å². The molecule has 4 heterocycles. The second-order valence-electron chi connectivity index (χ2n) is 9.30. The summed E-state index contributed by atoms with van der Waals surface area (Å²) in [4.78, 5) is 52.4. The molecule has 0 saturated carbocycles. The van der Waals surface area contributed by atoms with Crippen LogP contribution in [0.5, 0.6) is 0 Å². The molecule has 0 aliphatic carbocycles. The third-order valence-corrected chi connectivity index (χ3v) is 6.75. The van der Waals surface area contributed by atoms with Gasteiger partial charge in [0.1, 0.15) is 0 Å². The first-order valence-electron chi connectivity index (χ1n) is 12.2. The lowest BCUT2D eigenvalue weighted by atomic mass is 10.1. The van der Waals surface area contributed by atoms with Crippen LogP contribution in [0.1, 0.15) is 51.4 Å². The van der Waals surface area contributed by atoms with Crippen molar-refractivity contribution >= 4 is 23.6 Å². The van der Waals surface area contributed by atoms with Crippen LogP contribution in [0.15, 0.2) is 0 Å². The Morgan fingerprint density at radius 2 is 0.727 bits per heavy atom. The van der Waals surface area contributed by atoms with Gasteiger partial charge < -0.3 is 21.3 Å². The van der Waals surface area contributed by atoms with Gasteiger partial charge in [0.2, 0.25) is 23.6 Å². The number of amides is 4. The first-order valence-corrected chi connectivity index (χ1v) is 12.2. The standard InChI is InChI=1S/C21H36N8O4/c30-17(13-5-1-9-22-13)26-21(27-18(31)14-6-2-10-23-14,28-19(32)15-7-3-11-24-15)29-20(33)16-8-4-12-25-16/h13-16,22-25H,1-12H2,(H,26,30)(H,27,31)(H,28,32)(H,29,33)/t13-,14-,15-,16-/m0/s1. The Morgan fingerprint density at radius 1 is 0.485 bits per heavy atom. The van der Waals surface area contributed by atoms with Gasteiger partial charge in [0.05, 0.1) is 24.2 Å². The quantitative estimate of drug-likeness (QED) is 0.177. The van der Waals surface area contributed by atoms with Crippen molar-refractivity contribution in [1.82, 2.24) is 42.5 Å². The molecule has 4 aliphatic heterocycles. The highest BCUT2D eigenvalue weighted by atomic mass is 16.2. The Bertz CT molecular complexity index is 613. The van der Waals surface area contributed by atoms with Crippen LogP contribution in [0.3, 0.4) is 0 Å². The number of carbonyl (C=O) groups is 4. The summed E-state index contributed by atoms with van der Waals surface area (Å²) in [6.45, 7) is 2.83. The van der Waals surface area contributed by atoms with E-state index < -0.39 is 53.7 Å². The maximum atomic E-state index is 13.1. The third-order valence-electron chi connectivity index (χ3n) is 6.75. The third kappa shape index (κ3) is 5.99. The maximum Gasteiger partial charge on any atom is 0.276 e. The van der Waals surface area contributed by atoms with Crippen molar-refractivity contribution in [3.05, 3.63) is 0 Å². The summed E-state index contributed by atoms with van der Waals surface area (Å²) in [6.07, 6.45) is 5.93. The molecule has 0 aromatic heterocycles. The highest BCUT2D eigenvalue weighted by molar-refractivity contribution is 5.91. The zero-order valence-electron chi connectivity index (χ0n) is 18.9. The molecule has 4 fully saturated rings. The van der Waals surface area contributed by atoms with Gasteiger partial charge in [0, 0.05) is 0 Å². The van der Waals surface area contributed by atoms with Crippen molar-refractivity contribution in [1.29, 1.82) is 0 Å². The summed E-state index contributed by atoms with van der Waals surface area (Å²) in [5, 5.41) is 23.5. The fourth-order valence-corrected chi connectivity index (χ4v) is 4.91. The van der Waals surface area contributed by atoms with E-state index in [1.165, 1.54) is 0 Å². The van der Waals surface area contributed by atoms with Crippen molar-refractivity contribution in [3.63, 3.8) is 0 Å².